The van der Waals surface area contributed by atoms with Crippen LogP contribution in [0.3, 0.4) is 0 Å². The Morgan fingerprint density at radius 3 is 2.69 bits per heavy atom. The van der Waals surface area contributed by atoms with E-state index in [1.807, 2.05) is 13.8 Å². The average molecular weight is 208 g/mol. The molecule has 0 aliphatic rings. The molecule has 0 saturated heterocycles. The van der Waals surface area contributed by atoms with Crippen LogP contribution < -0.4 is 5.32 Å². The van der Waals surface area contributed by atoms with Crippen molar-refractivity contribution in [2.45, 2.75) is 32.8 Å². The summed E-state index contributed by atoms with van der Waals surface area (Å²) >= 11 is 5.30. The molecular weight excluding hydrogens is 190 g/mol. The van der Waals surface area contributed by atoms with E-state index >= 15 is 0 Å². The predicted molar refractivity (Wildman–Crippen MR) is 54.1 cm³/mol. The lowest BCUT2D eigenvalue weighted by atomic mass is 10.3. The van der Waals surface area contributed by atoms with Crippen molar-refractivity contribution in [1.82, 2.24) is 5.32 Å². The molecule has 4 heteroatoms. The van der Waals surface area contributed by atoms with E-state index in [2.05, 4.69) is 5.32 Å². The summed E-state index contributed by atoms with van der Waals surface area (Å²) in [6.07, 6.45) is 2.20. The molecule has 0 aromatic heterocycles. The fourth-order valence-corrected chi connectivity index (χ4v) is 0.916. The second-order valence-electron chi connectivity index (χ2n) is 3.11. The Balaban J connectivity index is 3.04. The first-order chi connectivity index (χ1) is 6.16. The smallest absolute Gasteiger partial charge is 0.234 e. The fourth-order valence-electron chi connectivity index (χ4n) is 0.821. The Kier molecular flexibility index (Phi) is 8.14. The first-order valence-corrected chi connectivity index (χ1v) is 5.14. The van der Waals surface area contributed by atoms with E-state index in [1.165, 1.54) is 0 Å². The van der Waals surface area contributed by atoms with Gasteiger partial charge in [-0.15, -0.1) is 11.6 Å². The summed E-state index contributed by atoms with van der Waals surface area (Å²) < 4.78 is 5.34. The third kappa shape index (κ3) is 9.64. The lowest BCUT2D eigenvalue weighted by Gasteiger charge is -2.07. The minimum atomic E-state index is -0.105. The van der Waals surface area contributed by atoms with Crippen LogP contribution in [0.25, 0.3) is 0 Å². The number of carbonyl (C=O) groups is 1. The normalized spacial score (nSPS) is 10.5. The molecule has 0 atom stereocenters. The zero-order chi connectivity index (χ0) is 10.1. The minimum Gasteiger partial charge on any atom is -0.379 e. The van der Waals surface area contributed by atoms with Gasteiger partial charge in [0.1, 0.15) is 5.88 Å². The predicted octanol–water partition coefficient (Wildman–Crippen LogP) is 1.55. The second-order valence-corrected chi connectivity index (χ2v) is 3.38. The standard InChI is InChI=1S/C9H18ClNO2/c1-8(2)13-6-4-3-5-11-9(12)7-10/h8H,3-7H2,1-2H3,(H,11,12). The highest BCUT2D eigenvalue weighted by atomic mass is 35.5. The Hall–Kier alpha value is -0.280. The molecule has 1 amide bonds. The first kappa shape index (κ1) is 12.7. The van der Waals surface area contributed by atoms with Crippen LogP contribution in [0.15, 0.2) is 0 Å². The van der Waals surface area contributed by atoms with Gasteiger partial charge in [-0.1, -0.05) is 0 Å². The summed E-state index contributed by atoms with van der Waals surface area (Å²) in [4.78, 5) is 10.7. The van der Waals surface area contributed by atoms with E-state index in [0.29, 0.717) is 6.54 Å². The monoisotopic (exact) mass is 207 g/mol. The molecule has 0 aliphatic heterocycles. The van der Waals surface area contributed by atoms with Gasteiger partial charge in [-0.25, -0.2) is 0 Å². The molecule has 0 unspecified atom stereocenters. The number of hydrogen-bond donors (Lipinski definition) is 1. The van der Waals surface area contributed by atoms with E-state index in [1.54, 1.807) is 0 Å². The van der Waals surface area contributed by atoms with Gasteiger partial charge < -0.3 is 10.1 Å². The van der Waals surface area contributed by atoms with Crippen molar-refractivity contribution >= 4 is 17.5 Å². The molecule has 1 N–H and O–H groups in total. The van der Waals surface area contributed by atoms with Crippen LogP contribution in [-0.2, 0) is 9.53 Å². The van der Waals surface area contributed by atoms with Crippen molar-refractivity contribution in [3.63, 3.8) is 0 Å². The van der Waals surface area contributed by atoms with Crippen LogP contribution >= 0.6 is 11.6 Å². The number of unbranched alkanes of at least 4 members (excludes halogenated alkanes) is 1. The number of amides is 1. The highest BCUT2D eigenvalue weighted by Gasteiger charge is 1.96. The number of rotatable bonds is 7. The maximum atomic E-state index is 10.7. The van der Waals surface area contributed by atoms with Gasteiger partial charge >= 0.3 is 0 Å². The molecule has 3 nitrogen and oxygen atoms in total. The van der Waals surface area contributed by atoms with Crippen LogP contribution in [0.2, 0.25) is 0 Å². The molecule has 0 bridgehead atoms. The molecule has 0 spiro atoms. The van der Waals surface area contributed by atoms with Crippen molar-refractivity contribution in [3.8, 4) is 0 Å². The second kappa shape index (κ2) is 8.32. The molecule has 0 aromatic carbocycles. The Morgan fingerprint density at radius 2 is 2.15 bits per heavy atom. The van der Waals surface area contributed by atoms with Crippen LogP contribution in [0.1, 0.15) is 26.7 Å². The molecule has 0 saturated carbocycles. The van der Waals surface area contributed by atoms with Gasteiger partial charge in [0.25, 0.3) is 0 Å². The number of hydrogen-bond acceptors (Lipinski definition) is 2. The lowest BCUT2D eigenvalue weighted by Crippen LogP contribution is -2.25. The van der Waals surface area contributed by atoms with Crippen molar-refractivity contribution in [3.05, 3.63) is 0 Å². The number of ether oxygens (including phenoxy) is 1. The Labute approximate surface area is 84.8 Å². The van der Waals surface area contributed by atoms with Crippen LogP contribution in [0.4, 0.5) is 0 Å². The van der Waals surface area contributed by atoms with Gasteiger partial charge in [-0.2, -0.15) is 0 Å². The van der Waals surface area contributed by atoms with E-state index in [9.17, 15) is 4.79 Å². The maximum Gasteiger partial charge on any atom is 0.234 e. The van der Waals surface area contributed by atoms with Gasteiger partial charge in [-0.3, -0.25) is 4.79 Å². The quantitative estimate of drug-likeness (QED) is 0.508. The highest BCUT2D eigenvalue weighted by molar-refractivity contribution is 6.27. The molecule has 13 heavy (non-hydrogen) atoms. The van der Waals surface area contributed by atoms with Crippen molar-refractivity contribution in [2.24, 2.45) is 0 Å². The molecular formula is C9H18ClNO2. The molecule has 0 rings (SSSR count). The largest absolute Gasteiger partial charge is 0.379 e. The van der Waals surface area contributed by atoms with Crippen molar-refractivity contribution in [1.29, 1.82) is 0 Å². The Morgan fingerprint density at radius 1 is 1.46 bits per heavy atom. The fraction of sp³-hybridized carbons (Fsp3) is 0.889. The van der Waals surface area contributed by atoms with Crippen molar-refractivity contribution in [2.75, 3.05) is 19.0 Å². The van der Waals surface area contributed by atoms with E-state index in [-0.39, 0.29) is 17.9 Å². The molecule has 0 aliphatic carbocycles. The maximum absolute atomic E-state index is 10.7. The minimum absolute atomic E-state index is 0.0441. The van der Waals surface area contributed by atoms with Gasteiger partial charge in [0.15, 0.2) is 0 Å². The zero-order valence-electron chi connectivity index (χ0n) is 8.31. The number of carbonyl (C=O) groups excluding carboxylic acids is 1. The summed E-state index contributed by atoms with van der Waals surface area (Å²) in [6.45, 7) is 5.46. The van der Waals surface area contributed by atoms with Gasteiger partial charge in [0, 0.05) is 13.2 Å². The van der Waals surface area contributed by atoms with E-state index < -0.39 is 0 Å². The molecule has 0 fully saturated rings. The SMILES string of the molecule is CC(C)OCCCCNC(=O)CCl. The molecule has 0 aromatic rings. The van der Waals surface area contributed by atoms with Crippen LogP contribution in [0, 0.1) is 0 Å². The van der Waals surface area contributed by atoms with Gasteiger partial charge in [0.2, 0.25) is 5.91 Å². The first-order valence-electron chi connectivity index (χ1n) is 4.61. The number of nitrogens with one attached hydrogen (secondary N) is 1. The van der Waals surface area contributed by atoms with Gasteiger partial charge in [-0.05, 0) is 26.7 Å². The summed E-state index contributed by atoms with van der Waals surface area (Å²) in [5, 5.41) is 2.69. The third-order valence-corrected chi connectivity index (χ3v) is 1.71. The topological polar surface area (TPSA) is 38.3 Å². The van der Waals surface area contributed by atoms with E-state index in [4.69, 9.17) is 16.3 Å². The van der Waals surface area contributed by atoms with Gasteiger partial charge in [0.05, 0.1) is 6.10 Å². The summed E-state index contributed by atoms with van der Waals surface area (Å²) in [7, 11) is 0. The van der Waals surface area contributed by atoms with Crippen LogP contribution in [0.5, 0.6) is 0 Å². The lowest BCUT2D eigenvalue weighted by molar-refractivity contribution is -0.118. The Bertz CT molecular complexity index is 140. The molecule has 78 valence electrons. The number of alkyl halides is 1. The van der Waals surface area contributed by atoms with Crippen LogP contribution in [-0.4, -0.2) is 31.0 Å². The summed E-state index contributed by atoms with van der Waals surface area (Å²) in [5.41, 5.74) is 0. The number of halogens is 1. The summed E-state index contributed by atoms with van der Waals surface area (Å²) in [5.74, 6) is -0.0610. The summed E-state index contributed by atoms with van der Waals surface area (Å²) in [6, 6.07) is 0. The zero-order valence-corrected chi connectivity index (χ0v) is 9.06. The molecule has 0 radical (unpaired) electrons. The molecule has 0 heterocycles. The van der Waals surface area contributed by atoms with Crippen molar-refractivity contribution < 1.29 is 9.53 Å². The highest BCUT2D eigenvalue weighted by Crippen LogP contribution is 1.93. The third-order valence-electron chi connectivity index (χ3n) is 1.47. The average Bonchev–Trinajstić information content (AvgIpc) is 2.10. The van der Waals surface area contributed by atoms with E-state index in [0.717, 1.165) is 19.4 Å².